The van der Waals surface area contributed by atoms with E-state index in [4.69, 9.17) is 9.84 Å². The average Bonchev–Trinajstić information content (AvgIpc) is 3.09. The first-order chi connectivity index (χ1) is 8.67. The molecule has 0 aromatic heterocycles. The zero-order chi connectivity index (χ0) is 13.0. The monoisotopic (exact) mass is 313 g/mol. The summed E-state index contributed by atoms with van der Waals surface area (Å²) in [6.07, 6.45) is 2.61. The van der Waals surface area contributed by atoms with Gasteiger partial charge < -0.3 is 9.84 Å². The van der Waals surface area contributed by atoms with Crippen molar-refractivity contribution in [2.45, 2.75) is 19.4 Å². The van der Waals surface area contributed by atoms with Crippen molar-refractivity contribution in [3.05, 3.63) is 28.2 Å². The predicted octanol–water partition coefficient (Wildman–Crippen LogP) is 2.66. The van der Waals surface area contributed by atoms with E-state index in [9.17, 15) is 0 Å². The summed E-state index contributed by atoms with van der Waals surface area (Å²) in [6.45, 7) is 2.53. The van der Waals surface area contributed by atoms with Gasteiger partial charge in [-0.25, -0.2) is 0 Å². The smallest absolute Gasteiger partial charge is 0.120 e. The van der Waals surface area contributed by atoms with E-state index in [1.807, 2.05) is 13.1 Å². The lowest BCUT2D eigenvalue weighted by Crippen LogP contribution is -2.21. The lowest BCUT2D eigenvalue weighted by molar-refractivity contribution is 0.217. The highest BCUT2D eigenvalue weighted by Gasteiger charge is 2.21. The molecule has 0 saturated heterocycles. The minimum atomic E-state index is 0.190. The molecule has 0 amide bonds. The highest BCUT2D eigenvalue weighted by Crippen LogP contribution is 2.30. The lowest BCUT2D eigenvalue weighted by atomic mass is 10.2. The summed E-state index contributed by atoms with van der Waals surface area (Å²) in [5, 5.41) is 8.90. The van der Waals surface area contributed by atoms with Gasteiger partial charge in [0.1, 0.15) is 5.75 Å². The summed E-state index contributed by atoms with van der Waals surface area (Å²) in [5.74, 6) is 1.70. The van der Waals surface area contributed by atoms with Gasteiger partial charge in [0.2, 0.25) is 0 Å². The van der Waals surface area contributed by atoms with Gasteiger partial charge >= 0.3 is 0 Å². The van der Waals surface area contributed by atoms with Crippen LogP contribution in [-0.2, 0) is 6.54 Å². The van der Waals surface area contributed by atoms with Crippen molar-refractivity contribution in [1.29, 1.82) is 0 Å². The molecule has 0 bridgehead atoms. The number of hydrogen-bond acceptors (Lipinski definition) is 3. The minimum absolute atomic E-state index is 0.190. The molecule has 0 heterocycles. The molecule has 100 valence electrons. The molecule has 0 radical (unpaired) electrons. The van der Waals surface area contributed by atoms with Gasteiger partial charge in [0.25, 0.3) is 0 Å². The Labute approximate surface area is 117 Å². The second-order valence-electron chi connectivity index (χ2n) is 5.01. The normalized spacial score (nSPS) is 15.1. The molecule has 1 aromatic rings. The van der Waals surface area contributed by atoms with E-state index in [-0.39, 0.29) is 6.61 Å². The predicted molar refractivity (Wildman–Crippen MR) is 75.8 cm³/mol. The van der Waals surface area contributed by atoms with Gasteiger partial charge in [-0.2, -0.15) is 0 Å². The largest absolute Gasteiger partial charge is 0.493 e. The number of ether oxygens (including phenoxy) is 1. The molecule has 1 aliphatic carbocycles. The minimum Gasteiger partial charge on any atom is -0.493 e. The van der Waals surface area contributed by atoms with Crippen molar-refractivity contribution in [3.63, 3.8) is 0 Å². The SMILES string of the molecule is CN(CCO)Cc1cc(Br)cc(OCC2CC2)c1. The van der Waals surface area contributed by atoms with Crippen LogP contribution in [0.4, 0.5) is 0 Å². The topological polar surface area (TPSA) is 32.7 Å². The number of rotatable bonds is 7. The van der Waals surface area contributed by atoms with Crippen LogP contribution < -0.4 is 4.74 Å². The average molecular weight is 314 g/mol. The standard InChI is InChI=1S/C14H20BrNO2/c1-16(4-5-17)9-12-6-13(15)8-14(7-12)18-10-11-2-3-11/h6-8,11,17H,2-5,9-10H2,1H3. The number of aliphatic hydroxyl groups is 1. The highest BCUT2D eigenvalue weighted by molar-refractivity contribution is 9.10. The van der Waals surface area contributed by atoms with Crippen LogP contribution in [0.1, 0.15) is 18.4 Å². The molecule has 4 heteroatoms. The summed E-state index contributed by atoms with van der Waals surface area (Å²) < 4.78 is 6.84. The van der Waals surface area contributed by atoms with E-state index in [1.54, 1.807) is 0 Å². The zero-order valence-electron chi connectivity index (χ0n) is 10.7. The Morgan fingerprint density at radius 2 is 2.17 bits per heavy atom. The van der Waals surface area contributed by atoms with E-state index in [0.29, 0.717) is 6.54 Å². The Morgan fingerprint density at radius 1 is 1.39 bits per heavy atom. The lowest BCUT2D eigenvalue weighted by Gasteiger charge is -2.16. The van der Waals surface area contributed by atoms with Crippen LogP contribution in [0, 0.1) is 5.92 Å². The van der Waals surface area contributed by atoms with Crippen molar-refractivity contribution < 1.29 is 9.84 Å². The summed E-state index contributed by atoms with van der Waals surface area (Å²) in [6, 6.07) is 6.19. The third kappa shape index (κ3) is 4.59. The molecule has 3 nitrogen and oxygen atoms in total. The first-order valence-corrected chi connectivity index (χ1v) is 7.18. The first-order valence-electron chi connectivity index (χ1n) is 6.39. The number of aliphatic hydroxyl groups excluding tert-OH is 1. The zero-order valence-corrected chi connectivity index (χ0v) is 12.3. The van der Waals surface area contributed by atoms with Crippen molar-refractivity contribution in [2.24, 2.45) is 5.92 Å². The van der Waals surface area contributed by atoms with Crippen molar-refractivity contribution >= 4 is 15.9 Å². The van der Waals surface area contributed by atoms with Crippen LogP contribution in [0.25, 0.3) is 0 Å². The van der Waals surface area contributed by atoms with E-state index in [1.165, 1.54) is 18.4 Å². The fourth-order valence-electron chi connectivity index (χ4n) is 1.86. The summed E-state index contributed by atoms with van der Waals surface area (Å²) >= 11 is 3.52. The molecule has 18 heavy (non-hydrogen) atoms. The number of nitrogens with zero attached hydrogens (tertiary/aromatic N) is 1. The molecule has 0 aliphatic heterocycles. The third-order valence-corrected chi connectivity index (χ3v) is 3.51. The maximum absolute atomic E-state index is 8.90. The van der Waals surface area contributed by atoms with Gasteiger partial charge in [0.15, 0.2) is 0 Å². The second kappa shape index (κ2) is 6.55. The van der Waals surface area contributed by atoms with Gasteiger partial charge in [0, 0.05) is 17.6 Å². The van der Waals surface area contributed by atoms with Crippen LogP contribution in [0.2, 0.25) is 0 Å². The van der Waals surface area contributed by atoms with E-state index >= 15 is 0 Å². The molecule has 0 unspecified atom stereocenters. The molecule has 1 aromatic carbocycles. The number of likely N-dealkylation sites (N-methyl/N-ethyl adjacent to an activating group) is 1. The third-order valence-electron chi connectivity index (χ3n) is 3.05. The Hall–Kier alpha value is -0.580. The van der Waals surface area contributed by atoms with Gasteiger partial charge in [-0.05, 0) is 49.6 Å². The van der Waals surface area contributed by atoms with Crippen LogP contribution in [0.3, 0.4) is 0 Å². The van der Waals surface area contributed by atoms with Crippen molar-refractivity contribution in [3.8, 4) is 5.75 Å². The van der Waals surface area contributed by atoms with Crippen LogP contribution >= 0.6 is 15.9 Å². The fourth-order valence-corrected chi connectivity index (χ4v) is 2.38. The summed E-state index contributed by atoms with van der Waals surface area (Å²) in [5.41, 5.74) is 1.20. The molecule has 1 N–H and O–H groups in total. The molecule has 1 saturated carbocycles. The molecular weight excluding hydrogens is 294 g/mol. The van der Waals surface area contributed by atoms with Gasteiger partial charge in [-0.1, -0.05) is 15.9 Å². The number of hydrogen-bond donors (Lipinski definition) is 1. The van der Waals surface area contributed by atoms with E-state index in [0.717, 1.165) is 29.3 Å². The maximum atomic E-state index is 8.90. The van der Waals surface area contributed by atoms with Crippen molar-refractivity contribution in [1.82, 2.24) is 4.90 Å². The summed E-state index contributed by atoms with van der Waals surface area (Å²) in [7, 11) is 2.00. The highest BCUT2D eigenvalue weighted by atomic mass is 79.9. The van der Waals surface area contributed by atoms with Crippen molar-refractivity contribution in [2.75, 3.05) is 26.8 Å². The Morgan fingerprint density at radius 3 is 2.83 bits per heavy atom. The Balaban J connectivity index is 1.95. The quantitative estimate of drug-likeness (QED) is 0.840. The molecule has 0 atom stereocenters. The van der Waals surface area contributed by atoms with Gasteiger partial charge in [0.05, 0.1) is 13.2 Å². The second-order valence-corrected chi connectivity index (χ2v) is 5.93. The molecular formula is C14H20BrNO2. The van der Waals surface area contributed by atoms with Crippen LogP contribution in [-0.4, -0.2) is 36.8 Å². The molecule has 1 fully saturated rings. The molecule has 0 spiro atoms. The van der Waals surface area contributed by atoms with Gasteiger partial charge in [-0.15, -0.1) is 0 Å². The molecule has 2 rings (SSSR count). The van der Waals surface area contributed by atoms with Crippen LogP contribution in [0.15, 0.2) is 22.7 Å². The van der Waals surface area contributed by atoms with E-state index < -0.39 is 0 Å². The Kier molecular flexibility index (Phi) is 5.03. The maximum Gasteiger partial charge on any atom is 0.120 e. The summed E-state index contributed by atoms with van der Waals surface area (Å²) in [4.78, 5) is 2.09. The fraction of sp³-hybridized carbons (Fsp3) is 0.571. The number of benzene rings is 1. The van der Waals surface area contributed by atoms with E-state index in [2.05, 4.69) is 33.0 Å². The first kappa shape index (κ1) is 13.8. The Bertz CT molecular complexity index is 393. The van der Waals surface area contributed by atoms with Crippen LogP contribution in [0.5, 0.6) is 5.75 Å². The number of halogens is 1. The van der Waals surface area contributed by atoms with Gasteiger partial charge in [-0.3, -0.25) is 4.90 Å². The molecule has 1 aliphatic rings.